The van der Waals surface area contributed by atoms with Crippen molar-refractivity contribution in [2.75, 3.05) is 33.0 Å². The normalized spacial score (nSPS) is 10.2. The van der Waals surface area contributed by atoms with Gasteiger partial charge in [0.1, 0.15) is 0 Å². The third-order valence-corrected chi connectivity index (χ3v) is 0.892. The fourth-order valence-corrected chi connectivity index (χ4v) is 0.486. The first-order valence-corrected chi connectivity index (χ1v) is 3.46. The van der Waals surface area contributed by atoms with Gasteiger partial charge in [-0.15, -0.1) is 0 Å². The summed E-state index contributed by atoms with van der Waals surface area (Å²) >= 11 is 0. The summed E-state index contributed by atoms with van der Waals surface area (Å²) in [5.74, 6) is 0. The third kappa shape index (κ3) is 7.88. The van der Waals surface area contributed by atoms with Crippen molar-refractivity contribution in [3.8, 4) is 0 Å². The van der Waals surface area contributed by atoms with Crippen LogP contribution in [-0.4, -0.2) is 38.1 Å². The van der Waals surface area contributed by atoms with Crippen LogP contribution in [0.4, 0.5) is 0 Å². The molecule has 3 heteroatoms. The van der Waals surface area contributed by atoms with E-state index in [0.717, 1.165) is 0 Å². The van der Waals surface area contributed by atoms with Crippen LogP contribution >= 0.6 is 0 Å². The average Bonchev–Trinajstić information content (AvgIpc) is 1.97. The molecule has 0 atom stereocenters. The molecule has 3 nitrogen and oxygen atoms in total. The van der Waals surface area contributed by atoms with Crippen LogP contribution in [0.5, 0.6) is 0 Å². The number of ether oxygens (including phenoxy) is 2. The summed E-state index contributed by atoms with van der Waals surface area (Å²) in [5, 5.41) is 8.30. The van der Waals surface area contributed by atoms with Crippen molar-refractivity contribution >= 4 is 0 Å². The van der Waals surface area contributed by atoms with Crippen LogP contribution in [0, 0.1) is 6.42 Å². The molecule has 0 aromatic carbocycles. The summed E-state index contributed by atoms with van der Waals surface area (Å²) in [6.07, 6.45) is 1.94. The van der Waals surface area contributed by atoms with Crippen molar-refractivity contribution in [2.45, 2.75) is 6.92 Å². The molecule has 0 aromatic rings. The molecule has 0 aromatic heterocycles. The monoisotopic (exact) mass is 147 g/mol. The van der Waals surface area contributed by atoms with E-state index in [1.54, 1.807) is 0 Å². The zero-order valence-electron chi connectivity index (χ0n) is 6.38. The van der Waals surface area contributed by atoms with E-state index in [1.165, 1.54) is 0 Å². The molecule has 0 bridgehead atoms. The Kier molecular flexibility index (Phi) is 8.77. The van der Waals surface area contributed by atoms with Gasteiger partial charge in [0.15, 0.2) is 0 Å². The molecule has 0 aliphatic heterocycles. The molecule has 0 rings (SSSR count). The van der Waals surface area contributed by atoms with E-state index >= 15 is 0 Å². The quantitative estimate of drug-likeness (QED) is 0.524. The molecule has 61 valence electrons. The zero-order valence-corrected chi connectivity index (χ0v) is 6.38. The lowest BCUT2D eigenvalue weighted by Crippen LogP contribution is -2.07. The van der Waals surface area contributed by atoms with Gasteiger partial charge < -0.3 is 14.6 Å². The Morgan fingerprint density at radius 1 is 1.20 bits per heavy atom. The molecule has 0 unspecified atom stereocenters. The first-order valence-electron chi connectivity index (χ1n) is 3.46. The molecule has 0 saturated heterocycles. The van der Waals surface area contributed by atoms with Gasteiger partial charge in [-0.25, -0.2) is 0 Å². The Morgan fingerprint density at radius 2 is 1.90 bits per heavy atom. The first-order chi connectivity index (χ1) is 4.91. The smallest absolute Gasteiger partial charge is 0.0701 e. The maximum absolute atomic E-state index is 8.30. The van der Waals surface area contributed by atoms with Crippen LogP contribution in [0.3, 0.4) is 0 Å². The number of aliphatic hydroxyl groups excluding tert-OH is 1. The van der Waals surface area contributed by atoms with Crippen molar-refractivity contribution in [1.82, 2.24) is 0 Å². The highest BCUT2D eigenvalue weighted by molar-refractivity contribution is 4.50. The zero-order chi connectivity index (χ0) is 7.66. The Bertz CT molecular complexity index is 48.8. The van der Waals surface area contributed by atoms with Gasteiger partial charge in [-0.05, 0) is 6.42 Å². The summed E-state index contributed by atoms with van der Waals surface area (Å²) in [6.45, 7) is 4.26. The number of rotatable bonds is 7. The molecule has 0 amide bonds. The minimum absolute atomic E-state index is 0.0832. The molecule has 1 N–H and O–H groups in total. The van der Waals surface area contributed by atoms with E-state index in [-0.39, 0.29) is 6.61 Å². The maximum atomic E-state index is 8.30. The van der Waals surface area contributed by atoms with Gasteiger partial charge in [0.05, 0.1) is 26.4 Å². The summed E-state index contributed by atoms with van der Waals surface area (Å²) in [4.78, 5) is 0. The summed E-state index contributed by atoms with van der Waals surface area (Å²) < 4.78 is 10.0. The van der Waals surface area contributed by atoms with E-state index in [1.807, 2.05) is 13.3 Å². The number of hydrogen-bond acceptors (Lipinski definition) is 3. The highest BCUT2D eigenvalue weighted by Gasteiger charge is 1.86. The Morgan fingerprint density at radius 3 is 2.50 bits per heavy atom. The van der Waals surface area contributed by atoms with E-state index in [4.69, 9.17) is 14.6 Å². The maximum Gasteiger partial charge on any atom is 0.0701 e. The van der Waals surface area contributed by atoms with Crippen molar-refractivity contribution < 1.29 is 14.6 Å². The highest BCUT2D eigenvalue weighted by atomic mass is 16.5. The largest absolute Gasteiger partial charge is 0.394 e. The van der Waals surface area contributed by atoms with Crippen LogP contribution in [0.1, 0.15) is 6.92 Å². The lowest BCUT2D eigenvalue weighted by molar-refractivity contribution is 0.0390. The SMILES string of the molecule is C[CH]COCCOCCO. The summed E-state index contributed by atoms with van der Waals surface area (Å²) in [6, 6.07) is 0. The van der Waals surface area contributed by atoms with Gasteiger partial charge in [-0.1, -0.05) is 6.92 Å². The van der Waals surface area contributed by atoms with Crippen LogP contribution in [0.25, 0.3) is 0 Å². The molecule has 0 heterocycles. The van der Waals surface area contributed by atoms with Crippen LogP contribution in [0.15, 0.2) is 0 Å². The number of aliphatic hydroxyl groups is 1. The van der Waals surface area contributed by atoms with E-state index < -0.39 is 0 Å². The molecule has 0 saturated carbocycles. The van der Waals surface area contributed by atoms with Crippen LogP contribution < -0.4 is 0 Å². The van der Waals surface area contributed by atoms with Gasteiger partial charge in [0, 0.05) is 6.61 Å². The average molecular weight is 147 g/mol. The molecular formula is C7H15O3. The van der Waals surface area contributed by atoms with E-state index in [2.05, 4.69) is 0 Å². The lowest BCUT2D eigenvalue weighted by atomic mass is 10.5. The van der Waals surface area contributed by atoms with Crippen molar-refractivity contribution in [1.29, 1.82) is 0 Å². The van der Waals surface area contributed by atoms with Crippen molar-refractivity contribution in [3.63, 3.8) is 0 Å². The van der Waals surface area contributed by atoms with E-state index in [0.29, 0.717) is 26.4 Å². The van der Waals surface area contributed by atoms with E-state index in [9.17, 15) is 0 Å². The molecule has 0 fully saturated rings. The molecule has 0 aliphatic carbocycles. The minimum atomic E-state index is 0.0832. The first kappa shape index (κ1) is 9.88. The summed E-state index contributed by atoms with van der Waals surface area (Å²) in [7, 11) is 0. The topological polar surface area (TPSA) is 38.7 Å². The minimum Gasteiger partial charge on any atom is -0.394 e. The van der Waals surface area contributed by atoms with Gasteiger partial charge in [-0.3, -0.25) is 0 Å². The second-order valence-electron chi connectivity index (χ2n) is 1.82. The van der Waals surface area contributed by atoms with Crippen LogP contribution in [-0.2, 0) is 9.47 Å². The van der Waals surface area contributed by atoms with Gasteiger partial charge in [0.25, 0.3) is 0 Å². The fourth-order valence-electron chi connectivity index (χ4n) is 0.486. The standard InChI is InChI=1S/C7H15O3/c1-2-4-9-6-7-10-5-3-8/h2,8H,3-7H2,1H3. The van der Waals surface area contributed by atoms with Gasteiger partial charge in [0.2, 0.25) is 0 Å². The predicted octanol–water partition coefficient (Wildman–Crippen LogP) is 0.236. The Labute approximate surface area is 62.0 Å². The predicted molar refractivity (Wildman–Crippen MR) is 38.7 cm³/mol. The molecular weight excluding hydrogens is 132 g/mol. The molecule has 0 spiro atoms. The molecule has 10 heavy (non-hydrogen) atoms. The lowest BCUT2D eigenvalue weighted by Gasteiger charge is -2.01. The van der Waals surface area contributed by atoms with Crippen molar-refractivity contribution in [2.24, 2.45) is 0 Å². The van der Waals surface area contributed by atoms with Crippen LogP contribution in [0.2, 0.25) is 0 Å². The fraction of sp³-hybridized carbons (Fsp3) is 0.857. The van der Waals surface area contributed by atoms with Gasteiger partial charge >= 0.3 is 0 Å². The van der Waals surface area contributed by atoms with Gasteiger partial charge in [-0.2, -0.15) is 0 Å². The number of hydrogen-bond donors (Lipinski definition) is 1. The second kappa shape index (κ2) is 8.88. The van der Waals surface area contributed by atoms with Crippen molar-refractivity contribution in [3.05, 3.63) is 6.42 Å². The summed E-state index contributed by atoms with van der Waals surface area (Å²) in [5.41, 5.74) is 0. The Hall–Kier alpha value is -0.120. The second-order valence-corrected chi connectivity index (χ2v) is 1.82. The third-order valence-electron chi connectivity index (χ3n) is 0.892. The Balaban J connectivity index is 2.65. The molecule has 0 aliphatic rings. The molecule has 1 radical (unpaired) electrons. The highest BCUT2D eigenvalue weighted by Crippen LogP contribution is 1.79.